The number of nitrogens with zero attached hydrogens (tertiary/aromatic N) is 2. The number of anilines is 1. The summed E-state index contributed by atoms with van der Waals surface area (Å²) in [6.07, 6.45) is 1.64. The fourth-order valence-electron chi connectivity index (χ4n) is 3.15. The number of carbonyl (C=O) groups excluding carboxylic acids is 1. The van der Waals surface area contributed by atoms with E-state index in [9.17, 15) is 13.2 Å². The summed E-state index contributed by atoms with van der Waals surface area (Å²) in [6, 6.07) is 8.99. The maximum atomic E-state index is 13.0. The van der Waals surface area contributed by atoms with Gasteiger partial charge in [0.05, 0.1) is 4.90 Å². The number of fused-ring (bicyclic) bond motifs is 1. The maximum Gasteiger partial charge on any atom is 0.243 e. The Hall–Kier alpha value is -1.70. The fourth-order valence-corrected chi connectivity index (χ4v) is 5.43. The number of sulfonamides is 1. The van der Waals surface area contributed by atoms with E-state index in [0.29, 0.717) is 24.5 Å². The molecule has 5 nitrogen and oxygen atoms in total. The topological polar surface area (TPSA) is 57.7 Å². The van der Waals surface area contributed by atoms with E-state index in [0.717, 1.165) is 29.0 Å². The monoisotopic (exact) mass is 378 g/mol. The van der Waals surface area contributed by atoms with E-state index in [4.69, 9.17) is 0 Å². The molecule has 25 heavy (non-hydrogen) atoms. The van der Waals surface area contributed by atoms with Crippen LogP contribution in [0.3, 0.4) is 0 Å². The van der Waals surface area contributed by atoms with Gasteiger partial charge < -0.3 is 4.90 Å². The molecule has 0 N–H and O–H groups in total. The van der Waals surface area contributed by atoms with Crippen LogP contribution < -0.4 is 4.90 Å². The largest absolute Gasteiger partial charge is 0.312 e. The van der Waals surface area contributed by atoms with Crippen LogP contribution in [0.15, 0.2) is 40.6 Å². The van der Waals surface area contributed by atoms with Gasteiger partial charge in [-0.3, -0.25) is 4.79 Å². The third kappa shape index (κ3) is 3.63. The van der Waals surface area contributed by atoms with Gasteiger partial charge in [-0.2, -0.15) is 4.31 Å². The summed E-state index contributed by atoms with van der Waals surface area (Å²) >= 11 is 1.55. The number of hydrogen-bond acceptors (Lipinski definition) is 4. The zero-order valence-electron chi connectivity index (χ0n) is 14.4. The fraction of sp³-hybridized carbons (Fsp3) is 0.389. The van der Waals surface area contributed by atoms with Crippen molar-refractivity contribution in [3.63, 3.8) is 0 Å². The second-order valence-corrected chi connectivity index (χ2v) is 9.05. The van der Waals surface area contributed by atoms with Crippen LogP contribution in [0.25, 0.3) is 0 Å². The normalized spacial score (nSPS) is 14.6. The molecule has 0 spiro atoms. The summed E-state index contributed by atoms with van der Waals surface area (Å²) in [5.41, 5.74) is 1.76. The van der Waals surface area contributed by atoms with E-state index < -0.39 is 10.0 Å². The number of amides is 1. The minimum Gasteiger partial charge on any atom is -0.312 e. The van der Waals surface area contributed by atoms with Crippen molar-refractivity contribution in [2.45, 2.75) is 38.1 Å². The molecule has 1 aliphatic rings. The number of hydrogen-bond donors (Lipinski definition) is 0. The Labute approximate surface area is 152 Å². The molecule has 0 radical (unpaired) electrons. The van der Waals surface area contributed by atoms with Crippen molar-refractivity contribution in [3.8, 4) is 0 Å². The molecule has 1 aromatic carbocycles. The van der Waals surface area contributed by atoms with Crippen molar-refractivity contribution in [2.75, 3.05) is 18.0 Å². The average Bonchev–Trinajstić information content (AvgIpc) is 3.11. The van der Waals surface area contributed by atoms with Crippen molar-refractivity contribution in [1.82, 2.24) is 4.31 Å². The van der Waals surface area contributed by atoms with Crippen molar-refractivity contribution in [2.24, 2.45) is 0 Å². The molecule has 0 atom stereocenters. The first-order valence-electron chi connectivity index (χ1n) is 8.37. The van der Waals surface area contributed by atoms with Gasteiger partial charge in [-0.15, -0.1) is 11.3 Å². The third-order valence-electron chi connectivity index (χ3n) is 4.45. The lowest BCUT2D eigenvalue weighted by molar-refractivity contribution is -0.116. The molecule has 2 heterocycles. The average molecular weight is 379 g/mol. The van der Waals surface area contributed by atoms with Crippen LogP contribution in [0.2, 0.25) is 0 Å². The van der Waals surface area contributed by atoms with E-state index in [1.54, 1.807) is 41.4 Å². The Kier molecular flexibility index (Phi) is 5.27. The molecular weight excluding hydrogens is 356 g/mol. The van der Waals surface area contributed by atoms with Gasteiger partial charge in [-0.05, 0) is 48.1 Å². The summed E-state index contributed by atoms with van der Waals surface area (Å²) in [7, 11) is -3.56. The number of thiophene rings is 1. The van der Waals surface area contributed by atoms with Gasteiger partial charge in [0.15, 0.2) is 0 Å². The zero-order chi connectivity index (χ0) is 18.0. The molecule has 0 saturated carbocycles. The predicted octanol–water partition coefficient (Wildman–Crippen LogP) is 3.26. The first-order valence-corrected chi connectivity index (χ1v) is 10.7. The van der Waals surface area contributed by atoms with Crippen LogP contribution in [0.4, 0.5) is 5.69 Å². The molecule has 0 aliphatic carbocycles. The van der Waals surface area contributed by atoms with Gasteiger partial charge in [0.25, 0.3) is 0 Å². The van der Waals surface area contributed by atoms with Gasteiger partial charge in [-0.25, -0.2) is 8.42 Å². The standard InChI is InChI=1S/C18H22N2O3S2/c1-3-19(13-16-7-5-11-24-16)25(22,23)17-8-9-18-15(12-17)6-4-10-20(18)14(2)21/h5,7-9,11-12H,3-4,6,10,13H2,1-2H3. The van der Waals surface area contributed by atoms with E-state index in [-0.39, 0.29) is 5.91 Å². The smallest absolute Gasteiger partial charge is 0.243 e. The van der Waals surface area contributed by atoms with Gasteiger partial charge >= 0.3 is 0 Å². The van der Waals surface area contributed by atoms with Crippen LogP contribution >= 0.6 is 11.3 Å². The first-order chi connectivity index (χ1) is 11.9. The molecule has 134 valence electrons. The lowest BCUT2D eigenvalue weighted by Gasteiger charge is -2.29. The number of carbonyl (C=O) groups is 1. The number of benzene rings is 1. The van der Waals surface area contributed by atoms with Crippen molar-refractivity contribution < 1.29 is 13.2 Å². The van der Waals surface area contributed by atoms with Gasteiger partial charge in [0.1, 0.15) is 0 Å². The van der Waals surface area contributed by atoms with Crippen LogP contribution in [0, 0.1) is 0 Å². The summed E-state index contributed by atoms with van der Waals surface area (Å²) < 4.78 is 27.6. The third-order valence-corrected chi connectivity index (χ3v) is 7.23. The Morgan fingerprint density at radius 2 is 2.12 bits per heavy atom. The van der Waals surface area contributed by atoms with Crippen LogP contribution in [-0.4, -0.2) is 31.7 Å². The Bertz CT molecular complexity index is 860. The lowest BCUT2D eigenvalue weighted by Crippen LogP contribution is -2.34. The van der Waals surface area contributed by atoms with E-state index >= 15 is 0 Å². The predicted molar refractivity (Wildman–Crippen MR) is 100 cm³/mol. The van der Waals surface area contributed by atoms with Gasteiger partial charge in [0, 0.05) is 37.1 Å². The summed E-state index contributed by atoms with van der Waals surface area (Å²) in [5.74, 6) is -0.00978. The Balaban J connectivity index is 1.93. The maximum absolute atomic E-state index is 13.0. The van der Waals surface area contributed by atoms with Gasteiger partial charge in [0.2, 0.25) is 15.9 Å². The minimum atomic E-state index is -3.56. The van der Waals surface area contributed by atoms with Crippen molar-refractivity contribution in [3.05, 3.63) is 46.2 Å². The molecule has 1 aromatic heterocycles. The molecule has 1 amide bonds. The number of aryl methyl sites for hydroxylation is 1. The summed E-state index contributed by atoms with van der Waals surface area (Å²) in [6.45, 7) is 4.87. The highest BCUT2D eigenvalue weighted by atomic mass is 32.2. The molecular formula is C18H22N2O3S2. The quantitative estimate of drug-likeness (QED) is 0.802. The zero-order valence-corrected chi connectivity index (χ0v) is 16.1. The minimum absolute atomic E-state index is 0.00978. The molecule has 2 aromatic rings. The second kappa shape index (κ2) is 7.27. The Morgan fingerprint density at radius 1 is 1.32 bits per heavy atom. The van der Waals surface area contributed by atoms with Crippen LogP contribution in [0.1, 0.15) is 30.7 Å². The lowest BCUT2D eigenvalue weighted by atomic mass is 10.0. The van der Waals surface area contributed by atoms with Gasteiger partial charge in [-0.1, -0.05) is 13.0 Å². The molecule has 0 fully saturated rings. The highest BCUT2D eigenvalue weighted by Crippen LogP contribution is 2.31. The molecule has 3 rings (SSSR count). The first kappa shape index (κ1) is 18.1. The van der Waals surface area contributed by atoms with Crippen molar-refractivity contribution >= 4 is 33.0 Å². The van der Waals surface area contributed by atoms with E-state index in [2.05, 4.69) is 0 Å². The van der Waals surface area contributed by atoms with Crippen molar-refractivity contribution in [1.29, 1.82) is 0 Å². The SMILES string of the molecule is CCN(Cc1cccs1)S(=O)(=O)c1ccc2c(c1)CCCN2C(C)=O. The number of rotatable bonds is 5. The highest BCUT2D eigenvalue weighted by Gasteiger charge is 2.27. The molecule has 7 heteroatoms. The molecule has 0 unspecified atom stereocenters. The second-order valence-electron chi connectivity index (χ2n) is 6.08. The summed E-state index contributed by atoms with van der Waals surface area (Å²) in [5, 5.41) is 1.95. The van der Waals surface area contributed by atoms with E-state index in [1.807, 2.05) is 24.4 Å². The van der Waals surface area contributed by atoms with Crippen LogP contribution in [0.5, 0.6) is 0 Å². The summed E-state index contributed by atoms with van der Waals surface area (Å²) in [4.78, 5) is 14.8. The molecule has 0 bridgehead atoms. The van der Waals surface area contributed by atoms with Crippen LogP contribution in [-0.2, 0) is 27.8 Å². The van der Waals surface area contributed by atoms with E-state index in [1.165, 1.54) is 4.31 Å². The highest BCUT2D eigenvalue weighted by molar-refractivity contribution is 7.89. The molecule has 0 saturated heterocycles. The molecule has 1 aliphatic heterocycles. The Morgan fingerprint density at radius 3 is 2.76 bits per heavy atom.